The highest BCUT2D eigenvalue weighted by Crippen LogP contribution is 2.28. The third kappa shape index (κ3) is 5.57. The maximum absolute atomic E-state index is 12.8. The van der Waals surface area contributed by atoms with E-state index in [0.29, 0.717) is 12.2 Å². The molecule has 0 aliphatic carbocycles. The molecule has 146 valence electrons. The van der Waals surface area contributed by atoms with E-state index < -0.39 is 17.8 Å². The Morgan fingerprint density at radius 2 is 1.96 bits per heavy atom. The van der Waals surface area contributed by atoms with Crippen molar-refractivity contribution in [2.45, 2.75) is 26.4 Å². The minimum Gasteiger partial charge on any atom is -0.481 e. The topological polar surface area (TPSA) is 75.4 Å². The first-order valence-corrected chi connectivity index (χ1v) is 8.32. The normalized spacial score (nSPS) is 11.6. The Morgan fingerprint density at radius 3 is 2.52 bits per heavy atom. The Labute approximate surface area is 154 Å². The molecule has 0 unspecified atom stereocenters. The van der Waals surface area contributed by atoms with Crippen LogP contribution in [0.25, 0.3) is 5.69 Å². The molecule has 6 nitrogen and oxygen atoms in total. The average molecular weight is 383 g/mol. The van der Waals surface area contributed by atoms with Crippen LogP contribution < -0.4 is 0 Å². The number of benzene rings is 1. The monoisotopic (exact) mass is 383 g/mol. The number of nitrogens with zero attached hydrogens (tertiary/aromatic N) is 3. The number of carboxylic acid groups (broad SMARTS) is 1. The minimum atomic E-state index is -4.55. The molecule has 0 radical (unpaired) electrons. The van der Waals surface area contributed by atoms with Crippen LogP contribution in [0.1, 0.15) is 36.3 Å². The summed E-state index contributed by atoms with van der Waals surface area (Å²) in [5.41, 5.74) is -0.469. The van der Waals surface area contributed by atoms with Crippen LogP contribution in [-0.4, -0.2) is 44.8 Å². The first-order chi connectivity index (χ1) is 12.6. The summed E-state index contributed by atoms with van der Waals surface area (Å²) in [6.45, 7) is 4.23. The number of rotatable bonds is 7. The summed E-state index contributed by atoms with van der Waals surface area (Å²) < 4.78 is 39.2. The zero-order valence-electron chi connectivity index (χ0n) is 14.9. The first-order valence-electron chi connectivity index (χ1n) is 8.32. The summed E-state index contributed by atoms with van der Waals surface area (Å²) in [6.07, 6.45) is -3.57. The third-order valence-electron chi connectivity index (χ3n) is 3.71. The van der Waals surface area contributed by atoms with Gasteiger partial charge in [-0.2, -0.15) is 18.3 Å². The van der Waals surface area contributed by atoms with E-state index in [1.54, 1.807) is 6.07 Å². The molecule has 0 saturated carbocycles. The summed E-state index contributed by atoms with van der Waals surface area (Å²) in [7, 11) is 0. The fraction of sp³-hybridized carbons (Fsp3) is 0.389. The second-order valence-corrected chi connectivity index (χ2v) is 6.48. The molecule has 1 aromatic carbocycles. The number of aliphatic carboxylic acids is 1. The fourth-order valence-electron chi connectivity index (χ4n) is 2.53. The molecule has 9 heteroatoms. The van der Waals surface area contributed by atoms with E-state index in [9.17, 15) is 22.8 Å². The summed E-state index contributed by atoms with van der Waals surface area (Å²) >= 11 is 0. The third-order valence-corrected chi connectivity index (χ3v) is 3.71. The highest BCUT2D eigenvalue weighted by molar-refractivity contribution is 5.95. The van der Waals surface area contributed by atoms with E-state index in [-0.39, 0.29) is 30.4 Å². The Kier molecular flexibility index (Phi) is 6.24. The highest BCUT2D eigenvalue weighted by atomic mass is 19.4. The van der Waals surface area contributed by atoms with Gasteiger partial charge in [0.25, 0.3) is 5.91 Å². The van der Waals surface area contributed by atoms with Gasteiger partial charge in [-0.1, -0.05) is 19.9 Å². The van der Waals surface area contributed by atoms with Gasteiger partial charge in [0.15, 0.2) is 5.69 Å². The van der Waals surface area contributed by atoms with Crippen molar-refractivity contribution in [3.05, 3.63) is 47.8 Å². The number of carboxylic acids is 1. The zero-order chi connectivity index (χ0) is 20.2. The van der Waals surface area contributed by atoms with Gasteiger partial charge in [-0.05, 0) is 30.2 Å². The van der Waals surface area contributed by atoms with Crippen LogP contribution in [0.15, 0.2) is 36.5 Å². The van der Waals surface area contributed by atoms with Crippen LogP contribution in [0.4, 0.5) is 13.2 Å². The van der Waals surface area contributed by atoms with Gasteiger partial charge in [0.1, 0.15) is 0 Å². The number of halogens is 3. The Bertz CT molecular complexity index is 815. The van der Waals surface area contributed by atoms with E-state index in [0.717, 1.165) is 10.7 Å². The van der Waals surface area contributed by atoms with Crippen LogP contribution in [0.5, 0.6) is 0 Å². The number of carbonyl (C=O) groups is 2. The van der Waals surface area contributed by atoms with Gasteiger partial charge in [0.2, 0.25) is 0 Å². The number of amides is 1. The maximum Gasteiger partial charge on any atom is 0.435 e. The number of hydrogen-bond donors (Lipinski definition) is 1. The van der Waals surface area contributed by atoms with Crippen LogP contribution in [0.2, 0.25) is 0 Å². The smallest absolute Gasteiger partial charge is 0.435 e. The molecule has 0 aliphatic rings. The van der Waals surface area contributed by atoms with Crippen molar-refractivity contribution in [2.75, 3.05) is 13.1 Å². The average Bonchev–Trinajstić information content (AvgIpc) is 3.08. The van der Waals surface area contributed by atoms with Gasteiger partial charge < -0.3 is 10.0 Å². The lowest BCUT2D eigenvalue weighted by molar-refractivity contribution is -0.141. The van der Waals surface area contributed by atoms with E-state index >= 15 is 0 Å². The molecule has 1 aromatic heterocycles. The van der Waals surface area contributed by atoms with E-state index in [1.807, 2.05) is 13.8 Å². The standard InChI is InChI=1S/C18H20F3N3O3/c1-12(2)11-23(8-7-16(25)26)17(27)13-4-3-5-14(10-13)24-9-6-15(22-24)18(19,20)21/h3-6,9-10,12H,7-8,11H2,1-2H3,(H,25,26). The van der Waals surface area contributed by atoms with Crippen molar-refractivity contribution < 1.29 is 27.9 Å². The molecule has 2 aromatic rings. The molecule has 0 spiro atoms. The van der Waals surface area contributed by atoms with Crippen LogP contribution in [0.3, 0.4) is 0 Å². The van der Waals surface area contributed by atoms with E-state index in [1.165, 1.54) is 29.3 Å². The molecule has 1 amide bonds. The van der Waals surface area contributed by atoms with Gasteiger partial charge in [0.05, 0.1) is 12.1 Å². The molecule has 1 N–H and O–H groups in total. The van der Waals surface area contributed by atoms with Crippen LogP contribution >= 0.6 is 0 Å². The van der Waals surface area contributed by atoms with Crippen molar-refractivity contribution in [2.24, 2.45) is 5.92 Å². The lowest BCUT2D eigenvalue weighted by Gasteiger charge is -2.24. The zero-order valence-corrected chi connectivity index (χ0v) is 14.9. The van der Waals surface area contributed by atoms with Gasteiger partial charge in [-0.25, -0.2) is 4.68 Å². The maximum atomic E-state index is 12.8. The Balaban J connectivity index is 2.27. The van der Waals surface area contributed by atoms with Gasteiger partial charge in [0, 0.05) is 24.8 Å². The van der Waals surface area contributed by atoms with Crippen molar-refractivity contribution in [3.63, 3.8) is 0 Å². The molecular formula is C18H20F3N3O3. The van der Waals surface area contributed by atoms with Gasteiger partial charge in [-0.15, -0.1) is 0 Å². The summed E-state index contributed by atoms with van der Waals surface area (Å²) in [4.78, 5) is 25.0. The van der Waals surface area contributed by atoms with Crippen LogP contribution in [-0.2, 0) is 11.0 Å². The van der Waals surface area contributed by atoms with Crippen molar-refractivity contribution in [3.8, 4) is 5.69 Å². The molecule has 1 heterocycles. The molecule has 0 atom stereocenters. The molecule has 27 heavy (non-hydrogen) atoms. The van der Waals surface area contributed by atoms with Gasteiger partial charge in [-0.3, -0.25) is 9.59 Å². The molecule has 0 saturated heterocycles. The lowest BCUT2D eigenvalue weighted by atomic mass is 10.1. The predicted octanol–water partition coefficient (Wildman–Crippen LogP) is 3.46. The summed E-state index contributed by atoms with van der Waals surface area (Å²) in [5.74, 6) is -1.26. The number of hydrogen-bond acceptors (Lipinski definition) is 3. The van der Waals surface area contributed by atoms with E-state index in [4.69, 9.17) is 5.11 Å². The summed E-state index contributed by atoms with van der Waals surface area (Å²) in [6, 6.07) is 6.90. The second kappa shape index (κ2) is 8.24. The molecule has 0 aliphatic heterocycles. The van der Waals surface area contributed by atoms with Crippen molar-refractivity contribution in [1.29, 1.82) is 0 Å². The molecule has 0 fully saturated rings. The highest BCUT2D eigenvalue weighted by Gasteiger charge is 2.33. The Morgan fingerprint density at radius 1 is 1.26 bits per heavy atom. The van der Waals surface area contributed by atoms with Crippen molar-refractivity contribution in [1.82, 2.24) is 14.7 Å². The minimum absolute atomic E-state index is 0.0521. The number of alkyl halides is 3. The number of aromatic nitrogens is 2. The predicted molar refractivity (Wildman–Crippen MR) is 91.6 cm³/mol. The molecule has 2 rings (SSSR count). The largest absolute Gasteiger partial charge is 0.481 e. The number of carbonyl (C=O) groups excluding carboxylic acids is 1. The molecule has 0 bridgehead atoms. The second-order valence-electron chi connectivity index (χ2n) is 6.48. The SMILES string of the molecule is CC(C)CN(CCC(=O)O)C(=O)c1cccc(-n2ccc(C(F)(F)F)n2)c1. The van der Waals surface area contributed by atoms with Crippen LogP contribution in [0, 0.1) is 5.92 Å². The summed E-state index contributed by atoms with van der Waals surface area (Å²) in [5, 5.41) is 12.4. The van der Waals surface area contributed by atoms with E-state index in [2.05, 4.69) is 5.10 Å². The van der Waals surface area contributed by atoms with Crippen molar-refractivity contribution >= 4 is 11.9 Å². The Hall–Kier alpha value is -2.84. The lowest BCUT2D eigenvalue weighted by Crippen LogP contribution is -2.36. The fourth-order valence-corrected chi connectivity index (χ4v) is 2.53. The molecular weight excluding hydrogens is 363 g/mol. The van der Waals surface area contributed by atoms with Gasteiger partial charge >= 0.3 is 12.1 Å². The quantitative estimate of drug-likeness (QED) is 0.795. The first kappa shape index (κ1) is 20.5.